The SMILES string of the molecule is IC12CC3C4CC5CC3C(C1)C(C5)C4C2. The Morgan fingerprint density at radius 3 is 1.47 bits per heavy atom. The summed E-state index contributed by atoms with van der Waals surface area (Å²) < 4.78 is 0.769. The van der Waals surface area contributed by atoms with Gasteiger partial charge in [0.1, 0.15) is 0 Å². The smallest absolute Gasteiger partial charge is 0.0231 e. The Kier molecular flexibility index (Phi) is 1.43. The Hall–Kier alpha value is 0.730. The van der Waals surface area contributed by atoms with Gasteiger partial charge in [0.2, 0.25) is 0 Å². The molecule has 7 aliphatic carbocycles. The third-order valence-corrected chi connectivity index (χ3v) is 8.24. The second-order valence-electron chi connectivity index (χ2n) is 7.32. The van der Waals surface area contributed by atoms with Crippen molar-refractivity contribution in [3.05, 3.63) is 0 Å². The molecule has 0 atom stereocenters. The lowest BCUT2D eigenvalue weighted by molar-refractivity contribution is -0.191. The topological polar surface area (TPSA) is 0 Å². The van der Waals surface area contributed by atoms with Crippen molar-refractivity contribution in [1.82, 2.24) is 0 Å². The summed E-state index contributed by atoms with van der Waals surface area (Å²) in [5.41, 5.74) is 0. The van der Waals surface area contributed by atoms with E-state index in [2.05, 4.69) is 22.6 Å². The number of alkyl halides is 1. The predicted octanol–water partition coefficient (Wildman–Crippen LogP) is 3.88. The van der Waals surface area contributed by atoms with E-state index in [1.807, 2.05) is 0 Å². The molecule has 7 aliphatic rings. The minimum absolute atomic E-state index is 0.769. The average molecular weight is 314 g/mol. The Morgan fingerprint density at radius 2 is 1.07 bits per heavy atom. The van der Waals surface area contributed by atoms with Crippen LogP contribution in [0, 0.1) is 41.4 Å². The number of rotatable bonds is 0. The quantitative estimate of drug-likeness (QED) is 0.470. The van der Waals surface area contributed by atoms with Crippen molar-refractivity contribution in [2.75, 3.05) is 0 Å². The van der Waals surface area contributed by atoms with Crippen molar-refractivity contribution in [3.8, 4) is 0 Å². The molecule has 0 heterocycles. The lowest BCUT2D eigenvalue weighted by Crippen LogP contribution is -2.65. The van der Waals surface area contributed by atoms with Crippen LogP contribution in [0.25, 0.3) is 0 Å². The molecule has 1 heteroatoms. The van der Waals surface area contributed by atoms with Gasteiger partial charge >= 0.3 is 0 Å². The zero-order valence-electron chi connectivity index (χ0n) is 9.16. The summed E-state index contributed by atoms with van der Waals surface area (Å²) in [7, 11) is 0. The number of hydrogen-bond donors (Lipinski definition) is 0. The standard InChI is InChI=1S/C14H19I/c15-14-4-11-8-1-7-2-9(11)13(6-14)10(3-7)12(8)5-14/h7-13H,1-6H2. The van der Waals surface area contributed by atoms with Crippen LogP contribution in [0.3, 0.4) is 0 Å². The van der Waals surface area contributed by atoms with E-state index in [4.69, 9.17) is 0 Å². The van der Waals surface area contributed by atoms with Crippen molar-refractivity contribution in [1.29, 1.82) is 0 Å². The van der Waals surface area contributed by atoms with Gasteiger partial charge in [-0.15, -0.1) is 0 Å². The maximum absolute atomic E-state index is 2.85. The number of halogens is 1. The minimum Gasteiger partial charge on any atom is -0.0788 e. The van der Waals surface area contributed by atoms with Gasteiger partial charge in [0.05, 0.1) is 0 Å². The Balaban J connectivity index is 1.69. The zero-order valence-corrected chi connectivity index (χ0v) is 11.3. The molecule has 7 fully saturated rings. The first-order valence-electron chi connectivity index (χ1n) is 6.92. The molecule has 0 aromatic heterocycles. The first-order chi connectivity index (χ1) is 7.23. The molecule has 7 rings (SSSR count). The van der Waals surface area contributed by atoms with Crippen LogP contribution < -0.4 is 0 Å². The van der Waals surface area contributed by atoms with Crippen molar-refractivity contribution in [2.45, 2.75) is 41.9 Å². The molecule has 0 aromatic carbocycles. The predicted molar refractivity (Wildman–Crippen MR) is 68.9 cm³/mol. The maximum Gasteiger partial charge on any atom is 0.0231 e. The van der Waals surface area contributed by atoms with Crippen LogP contribution in [0.4, 0.5) is 0 Å². The highest BCUT2D eigenvalue weighted by molar-refractivity contribution is 14.1. The molecule has 0 amide bonds. The van der Waals surface area contributed by atoms with Gasteiger partial charge in [-0.25, -0.2) is 0 Å². The minimum atomic E-state index is 0.769. The van der Waals surface area contributed by atoms with E-state index in [9.17, 15) is 0 Å². The van der Waals surface area contributed by atoms with E-state index in [1.165, 1.54) is 41.4 Å². The van der Waals surface area contributed by atoms with Crippen molar-refractivity contribution in [3.63, 3.8) is 0 Å². The van der Waals surface area contributed by atoms with Gasteiger partial charge in [-0.05, 0) is 80.0 Å². The van der Waals surface area contributed by atoms with E-state index < -0.39 is 0 Å². The lowest BCUT2D eigenvalue weighted by atomic mass is 9.36. The fourth-order valence-corrected chi connectivity index (χ4v) is 8.35. The fourth-order valence-electron chi connectivity index (χ4n) is 6.82. The molecule has 0 aliphatic heterocycles. The monoisotopic (exact) mass is 314 g/mol. The van der Waals surface area contributed by atoms with Crippen molar-refractivity contribution < 1.29 is 0 Å². The molecular formula is C14H19I. The molecule has 0 radical (unpaired) electrons. The van der Waals surface area contributed by atoms with Crippen LogP contribution in [0.15, 0.2) is 0 Å². The van der Waals surface area contributed by atoms with Gasteiger partial charge in [0.15, 0.2) is 0 Å². The van der Waals surface area contributed by atoms with E-state index in [0.29, 0.717) is 0 Å². The van der Waals surface area contributed by atoms with Crippen LogP contribution in [-0.2, 0) is 0 Å². The van der Waals surface area contributed by atoms with Gasteiger partial charge in [-0.3, -0.25) is 0 Å². The molecule has 8 bridgehead atoms. The highest BCUT2D eigenvalue weighted by Gasteiger charge is 2.66. The highest BCUT2D eigenvalue weighted by Crippen LogP contribution is 2.73. The van der Waals surface area contributed by atoms with E-state index in [-0.39, 0.29) is 0 Å². The molecule has 7 saturated carbocycles. The molecule has 0 aromatic rings. The largest absolute Gasteiger partial charge is 0.0788 e. The summed E-state index contributed by atoms with van der Waals surface area (Å²) in [6.07, 6.45) is 9.74. The van der Waals surface area contributed by atoms with Gasteiger partial charge in [0.25, 0.3) is 0 Å². The average Bonchev–Trinajstić information content (AvgIpc) is 2.23. The summed E-state index contributed by atoms with van der Waals surface area (Å²) in [6, 6.07) is 0. The van der Waals surface area contributed by atoms with Gasteiger partial charge < -0.3 is 0 Å². The number of hydrogen-bond acceptors (Lipinski definition) is 0. The van der Waals surface area contributed by atoms with Gasteiger partial charge in [-0.2, -0.15) is 0 Å². The van der Waals surface area contributed by atoms with Gasteiger partial charge in [0, 0.05) is 3.42 Å². The first-order valence-corrected chi connectivity index (χ1v) is 8.00. The fraction of sp³-hybridized carbons (Fsp3) is 1.00. The Morgan fingerprint density at radius 1 is 0.667 bits per heavy atom. The van der Waals surface area contributed by atoms with Crippen LogP contribution in [0.2, 0.25) is 0 Å². The maximum atomic E-state index is 2.85. The molecular weight excluding hydrogens is 295 g/mol. The van der Waals surface area contributed by atoms with E-state index in [0.717, 1.165) is 3.42 Å². The van der Waals surface area contributed by atoms with E-state index in [1.54, 1.807) is 38.5 Å². The lowest BCUT2D eigenvalue weighted by Gasteiger charge is -2.71. The Bertz CT molecular complexity index is 274. The summed E-state index contributed by atoms with van der Waals surface area (Å²) in [6.45, 7) is 0. The normalized spacial score (nSPS) is 73.0. The summed E-state index contributed by atoms with van der Waals surface area (Å²) in [5.74, 6) is 8.34. The molecule has 82 valence electrons. The van der Waals surface area contributed by atoms with Crippen molar-refractivity contribution in [2.24, 2.45) is 41.4 Å². The second kappa shape index (κ2) is 2.44. The van der Waals surface area contributed by atoms with Crippen LogP contribution in [-0.4, -0.2) is 3.42 Å². The Labute approximate surface area is 106 Å². The molecule has 0 unspecified atom stereocenters. The first kappa shape index (κ1) is 8.77. The third kappa shape index (κ3) is 0.892. The molecule has 15 heavy (non-hydrogen) atoms. The molecule has 0 N–H and O–H groups in total. The highest BCUT2D eigenvalue weighted by atomic mass is 127. The molecule has 0 saturated heterocycles. The zero-order chi connectivity index (χ0) is 9.78. The molecule has 0 spiro atoms. The van der Waals surface area contributed by atoms with Crippen LogP contribution in [0.1, 0.15) is 38.5 Å². The van der Waals surface area contributed by atoms with E-state index >= 15 is 0 Å². The van der Waals surface area contributed by atoms with Crippen LogP contribution >= 0.6 is 22.6 Å². The summed E-state index contributed by atoms with van der Waals surface area (Å²) >= 11 is 2.85. The summed E-state index contributed by atoms with van der Waals surface area (Å²) in [4.78, 5) is 0. The van der Waals surface area contributed by atoms with Crippen molar-refractivity contribution >= 4 is 22.6 Å². The van der Waals surface area contributed by atoms with Crippen LogP contribution in [0.5, 0.6) is 0 Å². The summed E-state index contributed by atoms with van der Waals surface area (Å²) in [5, 5.41) is 0. The third-order valence-electron chi connectivity index (χ3n) is 6.92. The molecule has 0 nitrogen and oxygen atoms in total. The second-order valence-corrected chi connectivity index (χ2v) is 9.61. The van der Waals surface area contributed by atoms with Gasteiger partial charge in [-0.1, -0.05) is 22.6 Å².